The van der Waals surface area contributed by atoms with Crippen molar-refractivity contribution >= 4 is 0 Å². The lowest BCUT2D eigenvalue weighted by atomic mass is 10.1. The first kappa shape index (κ1) is 15.4. The fourth-order valence-corrected chi connectivity index (χ4v) is 2.46. The molecule has 0 aliphatic heterocycles. The number of aromatic nitrogens is 2. The lowest BCUT2D eigenvalue weighted by Crippen LogP contribution is -2.32. The van der Waals surface area contributed by atoms with E-state index in [2.05, 4.69) is 28.7 Å². The molecule has 0 aliphatic rings. The van der Waals surface area contributed by atoms with Crippen LogP contribution in [0.5, 0.6) is 11.5 Å². The fourth-order valence-electron chi connectivity index (χ4n) is 2.46. The summed E-state index contributed by atoms with van der Waals surface area (Å²) in [6, 6.07) is 6.33. The number of methoxy groups -OCH3 is 2. The summed E-state index contributed by atoms with van der Waals surface area (Å²) < 4.78 is 12.8. The van der Waals surface area contributed by atoms with Crippen LogP contribution in [-0.4, -0.2) is 29.8 Å². The molecule has 2 atom stereocenters. The van der Waals surface area contributed by atoms with Crippen LogP contribution in [-0.2, 0) is 6.54 Å². The lowest BCUT2D eigenvalue weighted by Gasteiger charge is -2.22. The highest BCUT2D eigenvalue weighted by Crippen LogP contribution is 2.29. The zero-order chi connectivity index (χ0) is 15.2. The number of imidazole rings is 1. The SMILES string of the molecule is COc1ccc(OC)c(C(C)NC(C)Cn2ccnc2)c1. The highest BCUT2D eigenvalue weighted by atomic mass is 16.5. The smallest absolute Gasteiger partial charge is 0.123 e. The van der Waals surface area contributed by atoms with Crippen LogP contribution >= 0.6 is 0 Å². The van der Waals surface area contributed by atoms with Crippen LogP contribution in [0.3, 0.4) is 0 Å². The van der Waals surface area contributed by atoms with E-state index >= 15 is 0 Å². The van der Waals surface area contributed by atoms with Crippen LogP contribution in [0.15, 0.2) is 36.9 Å². The Balaban J connectivity index is 2.06. The van der Waals surface area contributed by atoms with Gasteiger partial charge in [0.15, 0.2) is 0 Å². The summed E-state index contributed by atoms with van der Waals surface area (Å²) >= 11 is 0. The summed E-state index contributed by atoms with van der Waals surface area (Å²) in [6.07, 6.45) is 5.59. The number of hydrogen-bond donors (Lipinski definition) is 1. The highest BCUT2D eigenvalue weighted by Gasteiger charge is 2.15. The van der Waals surface area contributed by atoms with E-state index in [-0.39, 0.29) is 6.04 Å². The average molecular weight is 289 g/mol. The molecule has 5 heteroatoms. The third-order valence-corrected chi connectivity index (χ3v) is 3.48. The number of nitrogens with zero attached hydrogens (tertiary/aromatic N) is 2. The minimum Gasteiger partial charge on any atom is -0.497 e. The Labute approximate surface area is 125 Å². The zero-order valence-electron chi connectivity index (χ0n) is 13.0. The molecule has 1 aromatic heterocycles. The van der Waals surface area contributed by atoms with Gasteiger partial charge in [-0.3, -0.25) is 0 Å². The summed E-state index contributed by atoms with van der Waals surface area (Å²) in [5, 5.41) is 3.58. The number of nitrogens with one attached hydrogen (secondary N) is 1. The van der Waals surface area contributed by atoms with E-state index in [1.54, 1.807) is 20.4 Å². The summed E-state index contributed by atoms with van der Waals surface area (Å²) in [7, 11) is 3.36. The van der Waals surface area contributed by atoms with Crippen molar-refractivity contribution in [2.45, 2.75) is 32.5 Å². The molecule has 2 rings (SSSR count). The first-order chi connectivity index (χ1) is 10.1. The van der Waals surface area contributed by atoms with Gasteiger partial charge < -0.3 is 19.4 Å². The second-order valence-electron chi connectivity index (χ2n) is 5.16. The molecular weight excluding hydrogens is 266 g/mol. The van der Waals surface area contributed by atoms with Crippen LogP contribution in [0, 0.1) is 0 Å². The van der Waals surface area contributed by atoms with Crippen molar-refractivity contribution in [2.75, 3.05) is 14.2 Å². The molecule has 1 heterocycles. The van der Waals surface area contributed by atoms with Gasteiger partial charge in [-0.1, -0.05) is 0 Å². The average Bonchev–Trinajstić information content (AvgIpc) is 2.99. The van der Waals surface area contributed by atoms with Crippen molar-refractivity contribution < 1.29 is 9.47 Å². The lowest BCUT2D eigenvalue weighted by molar-refractivity contribution is 0.380. The molecule has 0 fully saturated rings. The van der Waals surface area contributed by atoms with Gasteiger partial charge in [-0.25, -0.2) is 4.98 Å². The standard InChI is InChI=1S/C16H23N3O2/c1-12(10-19-8-7-17-11-19)18-13(2)15-9-14(20-3)5-6-16(15)21-4/h5-9,11-13,18H,10H2,1-4H3. The number of hydrogen-bond acceptors (Lipinski definition) is 4. The molecule has 2 unspecified atom stereocenters. The maximum Gasteiger partial charge on any atom is 0.123 e. The zero-order valence-corrected chi connectivity index (χ0v) is 13.0. The van der Waals surface area contributed by atoms with E-state index in [1.165, 1.54) is 0 Å². The van der Waals surface area contributed by atoms with Crippen LogP contribution in [0.4, 0.5) is 0 Å². The minimum atomic E-state index is 0.161. The van der Waals surface area contributed by atoms with Gasteiger partial charge in [-0.2, -0.15) is 0 Å². The normalized spacial score (nSPS) is 13.7. The van der Waals surface area contributed by atoms with Crippen LogP contribution in [0.2, 0.25) is 0 Å². The van der Waals surface area contributed by atoms with Gasteiger partial charge in [-0.05, 0) is 32.0 Å². The molecule has 1 N–H and O–H groups in total. The van der Waals surface area contributed by atoms with Crippen molar-refractivity contribution in [2.24, 2.45) is 0 Å². The van der Waals surface area contributed by atoms with E-state index in [0.717, 1.165) is 23.6 Å². The molecule has 1 aromatic carbocycles. The Kier molecular flexibility index (Phi) is 5.22. The molecule has 0 radical (unpaired) electrons. The van der Waals surface area contributed by atoms with Crippen molar-refractivity contribution in [3.63, 3.8) is 0 Å². The topological polar surface area (TPSA) is 48.3 Å². The van der Waals surface area contributed by atoms with Crippen molar-refractivity contribution in [1.82, 2.24) is 14.9 Å². The van der Waals surface area contributed by atoms with E-state index in [1.807, 2.05) is 30.7 Å². The molecule has 0 amide bonds. The van der Waals surface area contributed by atoms with Crippen LogP contribution < -0.4 is 14.8 Å². The van der Waals surface area contributed by atoms with Gasteiger partial charge in [0.25, 0.3) is 0 Å². The fraction of sp³-hybridized carbons (Fsp3) is 0.438. The van der Waals surface area contributed by atoms with Crippen molar-refractivity contribution in [1.29, 1.82) is 0 Å². The predicted molar refractivity (Wildman–Crippen MR) is 82.8 cm³/mol. The molecule has 5 nitrogen and oxygen atoms in total. The van der Waals surface area contributed by atoms with E-state index in [0.29, 0.717) is 6.04 Å². The van der Waals surface area contributed by atoms with Crippen LogP contribution in [0.1, 0.15) is 25.5 Å². The molecule has 21 heavy (non-hydrogen) atoms. The second-order valence-corrected chi connectivity index (χ2v) is 5.16. The third kappa shape index (κ3) is 3.98. The molecule has 2 aromatic rings. The van der Waals surface area contributed by atoms with Crippen molar-refractivity contribution in [3.8, 4) is 11.5 Å². The van der Waals surface area contributed by atoms with Gasteiger partial charge in [0.2, 0.25) is 0 Å². The third-order valence-electron chi connectivity index (χ3n) is 3.48. The van der Waals surface area contributed by atoms with E-state index < -0.39 is 0 Å². The number of ether oxygens (including phenoxy) is 2. The quantitative estimate of drug-likeness (QED) is 0.851. The Morgan fingerprint density at radius 1 is 1.24 bits per heavy atom. The summed E-state index contributed by atoms with van der Waals surface area (Å²) in [5.74, 6) is 1.70. The molecule has 0 aliphatic carbocycles. The van der Waals surface area contributed by atoms with Gasteiger partial charge in [0, 0.05) is 36.6 Å². The Hall–Kier alpha value is -2.01. The summed E-state index contributed by atoms with van der Waals surface area (Å²) in [5.41, 5.74) is 1.09. The van der Waals surface area contributed by atoms with Gasteiger partial charge in [0.1, 0.15) is 11.5 Å². The highest BCUT2D eigenvalue weighted by molar-refractivity contribution is 5.42. The summed E-state index contributed by atoms with van der Waals surface area (Å²) in [6.45, 7) is 5.15. The molecule has 0 saturated carbocycles. The van der Waals surface area contributed by atoms with Gasteiger partial charge >= 0.3 is 0 Å². The minimum absolute atomic E-state index is 0.161. The maximum atomic E-state index is 5.44. The molecule has 0 saturated heterocycles. The number of rotatable bonds is 7. The Morgan fingerprint density at radius 3 is 2.67 bits per heavy atom. The largest absolute Gasteiger partial charge is 0.497 e. The van der Waals surface area contributed by atoms with E-state index in [9.17, 15) is 0 Å². The second kappa shape index (κ2) is 7.13. The monoisotopic (exact) mass is 289 g/mol. The maximum absolute atomic E-state index is 5.44. The number of benzene rings is 1. The Morgan fingerprint density at radius 2 is 2.05 bits per heavy atom. The molecule has 0 bridgehead atoms. The summed E-state index contributed by atoms with van der Waals surface area (Å²) in [4.78, 5) is 4.06. The first-order valence-electron chi connectivity index (χ1n) is 7.07. The molecule has 0 spiro atoms. The van der Waals surface area contributed by atoms with Gasteiger partial charge in [-0.15, -0.1) is 0 Å². The molecule has 114 valence electrons. The predicted octanol–water partition coefficient (Wildman–Crippen LogP) is 2.64. The Bertz CT molecular complexity index is 555. The van der Waals surface area contributed by atoms with Crippen LogP contribution in [0.25, 0.3) is 0 Å². The van der Waals surface area contributed by atoms with Crippen molar-refractivity contribution in [3.05, 3.63) is 42.5 Å². The van der Waals surface area contributed by atoms with Gasteiger partial charge in [0.05, 0.1) is 20.5 Å². The first-order valence-corrected chi connectivity index (χ1v) is 7.07. The molecular formula is C16H23N3O2. The van der Waals surface area contributed by atoms with E-state index in [4.69, 9.17) is 9.47 Å².